The van der Waals surface area contributed by atoms with Crippen molar-refractivity contribution in [3.63, 3.8) is 0 Å². The van der Waals surface area contributed by atoms with Gasteiger partial charge in [-0.2, -0.15) is 5.10 Å². The number of ether oxygens (including phenoxy) is 1. The van der Waals surface area contributed by atoms with Gasteiger partial charge in [-0.15, -0.1) is 0 Å². The molecule has 7 heteroatoms. The third kappa shape index (κ3) is 3.71. The van der Waals surface area contributed by atoms with Crippen molar-refractivity contribution in [2.24, 2.45) is 0 Å². The molecule has 4 rings (SSSR count). The van der Waals surface area contributed by atoms with E-state index in [4.69, 9.17) is 4.74 Å². The van der Waals surface area contributed by atoms with E-state index < -0.39 is 0 Å². The fraction of sp³-hybridized carbons (Fsp3) is 0.556. The van der Waals surface area contributed by atoms with Crippen molar-refractivity contribution in [1.82, 2.24) is 25.1 Å². The molecule has 25 heavy (non-hydrogen) atoms. The van der Waals surface area contributed by atoms with E-state index in [0.717, 1.165) is 49.8 Å². The number of carbonyl (C=O) groups is 1. The first-order valence-electron chi connectivity index (χ1n) is 9.02. The van der Waals surface area contributed by atoms with E-state index >= 15 is 0 Å². The van der Waals surface area contributed by atoms with Crippen molar-refractivity contribution in [2.45, 2.75) is 56.7 Å². The van der Waals surface area contributed by atoms with Crippen LogP contribution >= 0.6 is 0 Å². The first-order chi connectivity index (χ1) is 12.3. The van der Waals surface area contributed by atoms with E-state index in [2.05, 4.69) is 26.6 Å². The van der Waals surface area contributed by atoms with Gasteiger partial charge in [0.25, 0.3) is 0 Å². The maximum Gasteiger partial charge on any atom is 0.249 e. The Morgan fingerprint density at radius 2 is 2.12 bits per heavy atom. The number of aromatic nitrogens is 4. The Balaban J connectivity index is 1.31. The Bertz CT molecular complexity index is 703. The van der Waals surface area contributed by atoms with Crippen molar-refractivity contribution < 1.29 is 9.53 Å². The van der Waals surface area contributed by atoms with Gasteiger partial charge in [-0.25, -0.2) is 9.97 Å². The molecule has 2 aromatic heterocycles. The average molecular weight is 341 g/mol. The minimum Gasteiger partial charge on any atom is -0.368 e. The molecule has 2 aliphatic rings. The third-order valence-electron chi connectivity index (χ3n) is 5.12. The molecule has 2 fully saturated rings. The summed E-state index contributed by atoms with van der Waals surface area (Å²) in [5, 5.41) is 7.67. The van der Waals surface area contributed by atoms with Gasteiger partial charge in [0.15, 0.2) is 0 Å². The molecule has 1 aliphatic carbocycles. The van der Waals surface area contributed by atoms with Gasteiger partial charge in [0, 0.05) is 30.6 Å². The fourth-order valence-electron chi connectivity index (χ4n) is 3.69. The largest absolute Gasteiger partial charge is 0.368 e. The smallest absolute Gasteiger partial charge is 0.249 e. The van der Waals surface area contributed by atoms with E-state index in [-0.39, 0.29) is 18.1 Å². The molecular weight excluding hydrogens is 318 g/mol. The lowest BCUT2D eigenvalue weighted by Crippen LogP contribution is -2.43. The van der Waals surface area contributed by atoms with Gasteiger partial charge >= 0.3 is 0 Å². The summed E-state index contributed by atoms with van der Waals surface area (Å²) in [5.41, 5.74) is 1.90. The number of amides is 1. The van der Waals surface area contributed by atoms with Crippen molar-refractivity contribution >= 4 is 5.91 Å². The Hall–Kier alpha value is -2.28. The minimum absolute atomic E-state index is 0.0612. The highest BCUT2D eigenvalue weighted by atomic mass is 16.5. The molecule has 1 aliphatic heterocycles. The molecule has 3 heterocycles. The standard InChI is InChI=1S/C18H23N5O2/c24-18(17-2-1-9-25-17)22-14-3-5-15(6-4-14)23-11-13(10-21-23)16-7-8-19-12-20-16/h7-8,10-12,14-15,17H,1-6,9H2,(H,22,24). The molecule has 1 amide bonds. The zero-order chi connectivity index (χ0) is 17.1. The molecule has 7 nitrogen and oxygen atoms in total. The fourth-order valence-corrected chi connectivity index (χ4v) is 3.69. The maximum absolute atomic E-state index is 12.2. The second-order valence-corrected chi connectivity index (χ2v) is 6.82. The summed E-state index contributed by atoms with van der Waals surface area (Å²) in [5.74, 6) is 0.0612. The monoisotopic (exact) mass is 341 g/mol. The summed E-state index contributed by atoms with van der Waals surface area (Å²) in [6, 6.07) is 2.52. The number of carbonyl (C=O) groups excluding carboxylic acids is 1. The molecule has 1 atom stereocenters. The topological polar surface area (TPSA) is 81.9 Å². The van der Waals surface area contributed by atoms with Gasteiger partial charge in [0.1, 0.15) is 12.4 Å². The van der Waals surface area contributed by atoms with Crippen LogP contribution in [0.25, 0.3) is 11.3 Å². The number of nitrogens with zero attached hydrogens (tertiary/aromatic N) is 4. The molecule has 0 aromatic carbocycles. The van der Waals surface area contributed by atoms with Crippen LogP contribution < -0.4 is 5.32 Å². The second kappa shape index (κ2) is 7.31. The summed E-state index contributed by atoms with van der Waals surface area (Å²) >= 11 is 0. The predicted molar refractivity (Wildman–Crippen MR) is 91.7 cm³/mol. The summed E-state index contributed by atoms with van der Waals surface area (Å²) in [6.45, 7) is 0.707. The number of hydrogen-bond acceptors (Lipinski definition) is 5. The molecule has 0 bridgehead atoms. The predicted octanol–water partition coefficient (Wildman–Crippen LogP) is 2.12. The van der Waals surface area contributed by atoms with E-state index in [9.17, 15) is 4.79 Å². The van der Waals surface area contributed by atoms with Crippen LogP contribution in [0.2, 0.25) is 0 Å². The van der Waals surface area contributed by atoms with Crippen LogP contribution in [0.4, 0.5) is 0 Å². The van der Waals surface area contributed by atoms with Crippen LogP contribution in [0.3, 0.4) is 0 Å². The SMILES string of the molecule is O=C(NC1CCC(n2cc(-c3ccncn3)cn2)CC1)C1CCCO1. The highest BCUT2D eigenvalue weighted by molar-refractivity contribution is 5.81. The molecule has 0 radical (unpaired) electrons. The zero-order valence-electron chi connectivity index (χ0n) is 14.2. The zero-order valence-corrected chi connectivity index (χ0v) is 14.2. The van der Waals surface area contributed by atoms with Crippen LogP contribution in [0.15, 0.2) is 31.0 Å². The molecule has 1 saturated carbocycles. The maximum atomic E-state index is 12.2. The van der Waals surface area contributed by atoms with Gasteiger partial charge in [-0.05, 0) is 44.6 Å². The Labute approximate surface area is 146 Å². The lowest BCUT2D eigenvalue weighted by molar-refractivity contribution is -0.131. The van der Waals surface area contributed by atoms with Gasteiger partial charge in [0.05, 0.1) is 17.9 Å². The minimum atomic E-state index is -0.237. The van der Waals surface area contributed by atoms with Crippen molar-refractivity contribution in [2.75, 3.05) is 6.61 Å². The first kappa shape index (κ1) is 16.2. The highest BCUT2D eigenvalue weighted by Gasteiger charge is 2.28. The molecule has 132 valence electrons. The summed E-state index contributed by atoms with van der Waals surface area (Å²) in [7, 11) is 0. The van der Waals surface area contributed by atoms with Crippen molar-refractivity contribution in [1.29, 1.82) is 0 Å². The lowest BCUT2D eigenvalue weighted by Gasteiger charge is -2.29. The van der Waals surface area contributed by atoms with Crippen LogP contribution in [-0.4, -0.2) is 44.4 Å². The third-order valence-corrected chi connectivity index (χ3v) is 5.12. The Morgan fingerprint density at radius 3 is 2.84 bits per heavy atom. The summed E-state index contributed by atoms with van der Waals surface area (Å²) < 4.78 is 7.49. The van der Waals surface area contributed by atoms with E-state index in [1.807, 2.05) is 16.9 Å². The number of nitrogens with one attached hydrogen (secondary N) is 1. The van der Waals surface area contributed by atoms with Gasteiger partial charge in [0.2, 0.25) is 5.91 Å². The molecule has 2 aromatic rings. The van der Waals surface area contributed by atoms with Gasteiger partial charge < -0.3 is 10.1 Å². The lowest BCUT2D eigenvalue weighted by atomic mass is 9.91. The van der Waals surface area contributed by atoms with Crippen molar-refractivity contribution in [3.05, 3.63) is 31.0 Å². The highest BCUT2D eigenvalue weighted by Crippen LogP contribution is 2.29. The quantitative estimate of drug-likeness (QED) is 0.921. The van der Waals surface area contributed by atoms with Crippen molar-refractivity contribution in [3.8, 4) is 11.3 Å². The average Bonchev–Trinajstić information content (AvgIpc) is 3.35. The van der Waals surface area contributed by atoms with Crippen LogP contribution in [0, 0.1) is 0 Å². The summed E-state index contributed by atoms with van der Waals surface area (Å²) in [6.07, 6.45) is 12.8. The van der Waals surface area contributed by atoms with Gasteiger partial charge in [-0.3, -0.25) is 9.48 Å². The van der Waals surface area contributed by atoms with Crippen LogP contribution in [0.1, 0.15) is 44.6 Å². The molecule has 1 saturated heterocycles. The van der Waals surface area contributed by atoms with Gasteiger partial charge in [-0.1, -0.05) is 0 Å². The second-order valence-electron chi connectivity index (χ2n) is 6.82. The van der Waals surface area contributed by atoms with E-state index in [0.29, 0.717) is 12.6 Å². The van der Waals surface area contributed by atoms with Crippen LogP contribution in [0.5, 0.6) is 0 Å². The Morgan fingerprint density at radius 1 is 1.24 bits per heavy atom. The molecular formula is C18H23N5O2. The molecule has 1 unspecified atom stereocenters. The number of hydrogen-bond donors (Lipinski definition) is 1. The molecule has 0 spiro atoms. The van der Waals surface area contributed by atoms with E-state index in [1.165, 1.54) is 0 Å². The Kier molecular flexibility index (Phi) is 4.74. The van der Waals surface area contributed by atoms with E-state index in [1.54, 1.807) is 12.5 Å². The first-order valence-corrected chi connectivity index (χ1v) is 9.02. The summed E-state index contributed by atoms with van der Waals surface area (Å²) in [4.78, 5) is 20.4. The van der Waals surface area contributed by atoms with Crippen LogP contribution in [-0.2, 0) is 9.53 Å². The number of rotatable bonds is 4. The normalized spacial score (nSPS) is 26.5. The molecule has 1 N–H and O–H groups in total.